The largest absolute Gasteiger partial charge is 0.516 e. The zero-order valence-electron chi connectivity index (χ0n) is 7.06. The molecule has 1 heteroatoms. The summed E-state index contributed by atoms with van der Waals surface area (Å²) in [6.45, 7) is 0. The summed E-state index contributed by atoms with van der Waals surface area (Å²) in [5, 5.41) is 8.55. The van der Waals surface area contributed by atoms with E-state index in [1.165, 1.54) is 12.7 Å². The average molecular weight is 162 g/mol. The number of hydrogen-bond donors (Lipinski definition) is 1. The van der Waals surface area contributed by atoms with E-state index in [0.29, 0.717) is 0 Å². The van der Waals surface area contributed by atoms with Crippen LogP contribution < -0.4 is 0 Å². The van der Waals surface area contributed by atoms with E-state index in [-0.39, 0.29) is 0 Å². The van der Waals surface area contributed by atoms with Crippen LogP contribution in [-0.4, -0.2) is 5.11 Å². The zero-order valence-corrected chi connectivity index (χ0v) is 7.06. The van der Waals surface area contributed by atoms with Crippen LogP contribution in [0.5, 0.6) is 0 Å². The van der Waals surface area contributed by atoms with Crippen molar-refractivity contribution in [1.29, 1.82) is 0 Å². The van der Waals surface area contributed by atoms with Crippen LogP contribution in [0, 0.1) is 29.6 Å². The van der Waals surface area contributed by atoms with Crippen molar-refractivity contribution >= 4 is 0 Å². The molecule has 3 aliphatic carbocycles. The second kappa shape index (κ2) is 2.15. The van der Waals surface area contributed by atoms with Gasteiger partial charge in [0.25, 0.3) is 0 Å². The summed E-state index contributed by atoms with van der Waals surface area (Å²) in [4.78, 5) is 0. The minimum Gasteiger partial charge on any atom is -0.516 e. The van der Waals surface area contributed by atoms with Crippen LogP contribution >= 0.6 is 0 Å². The molecule has 0 aromatic rings. The number of allylic oxidation sites excluding steroid dienone is 3. The van der Waals surface area contributed by atoms with Crippen molar-refractivity contribution in [2.24, 2.45) is 29.6 Å². The van der Waals surface area contributed by atoms with E-state index >= 15 is 0 Å². The van der Waals surface area contributed by atoms with E-state index in [1.807, 2.05) is 6.08 Å². The Bertz CT molecular complexity index is 254. The molecule has 0 bridgehead atoms. The van der Waals surface area contributed by atoms with Gasteiger partial charge in [-0.3, -0.25) is 0 Å². The van der Waals surface area contributed by atoms with Gasteiger partial charge in [-0.25, -0.2) is 0 Å². The van der Waals surface area contributed by atoms with Gasteiger partial charge in [0.1, 0.15) is 0 Å². The topological polar surface area (TPSA) is 20.2 Å². The van der Waals surface area contributed by atoms with Gasteiger partial charge >= 0.3 is 0 Å². The maximum Gasteiger partial charge on any atom is 0.0751 e. The first-order chi connectivity index (χ1) is 5.92. The molecule has 0 spiro atoms. The summed E-state index contributed by atoms with van der Waals surface area (Å²) < 4.78 is 0. The Morgan fingerprint density at radius 2 is 2.33 bits per heavy atom. The molecule has 2 saturated carbocycles. The molecule has 3 rings (SSSR count). The van der Waals surface area contributed by atoms with Crippen LogP contribution in [0.25, 0.3) is 0 Å². The molecule has 1 N–H and O–H groups in total. The minimum atomic E-state index is 0.863. The van der Waals surface area contributed by atoms with Gasteiger partial charge in [0.2, 0.25) is 0 Å². The van der Waals surface area contributed by atoms with E-state index in [9.17, 15) is 0 Å². The predicted molar refractivity (Wildman–Crippen MR) is 47.6 cm³/mol. The highest BCUT2D eigenvalue weighted by atomic mass is 16.2. The third-order valence-electron chi connectivity index (χ3n) is 3.77. The van der Waals surface area contributed by atoms with E-state index in [1.54, 1.807) is 0 Å². The van der Waals surface area contributed by atoms with Gasteiger partial charge in [0.15, 0.2) is 0 Å². The third-order valence-corrected chi connectivity index (χ3v) is 3.77. The SMILES string of the molecule is O/C=C/CC1[C@H]2[C@@H]3C[C@@H]3C=C[C@H]12. The molecule has 12 heavy (non-hydrogen) atoms. The van der Waals surface area contributed by atoms with Crippen LogP contribution in [-0.2, 0) is 0 Å². The second-order valence-corrected chi connectivity index (χ2v) is 4.39. The van der Waals surface area contributed by atoms with Crippen LogP contribution in [0.15, 0.2) is 24.5 Å². The van der Waals surface area contributed by atoms with Gasteiger partial charge in [0, 0.05) is 0 Å². The Balaban J connectivity index is 1.68. The number of hydrogen-bond acceptors (Lipinski definition) is 1. The smallest absolute Gasteiger partial charge is 0.0751 e. The monoisotopic (exact) mass is 162 g/mol. The lowest BCUT2D eigenvalue weighted by Crippen LogP contribution is -1.90. The zero-order chi connectivity index (χ0) is 8.13. The van der Waals surface area contributed by atoms with Crippen LogP contribution in [0.4, 0.5) is 0 Å². The molecule has 0 heterocycles. The summed E-state index contributed by atoms with van der Waals surface area (Å²) >= 11 is 0. The van der Waals surface area contributed by atoms with E-state index < -0.39 is 0 Å². The quantitative estimate of drug-likeness (QED) is 0.488. The molecule has 64 valence electrons. The lowest BCUT2D eigenvalue weighted by molar-refractivity contribution is 0.468. The maximum absolute atomic E-state index is 8.55. The van der Waals surface area contributed by atoms with Crippen molar-refractivity contribution in [1.82, 2.24) is 0 Å². The Morgan fingerprint density at radius 3 is 3.17 bits per heavy atom. The number of fused-ring (bicyclic) bond motifs is 3. The molecule has 0 aliphatic heterocycles. The molecule has 0 aromatic heterocycles. The summed E-state index contributed by atoms with van der Waals surface area (Å²) in [5.74, 6) is 4.68. The lowest BCUT2D eigenvalue weighted by atomic mass is 10.1. The standard InChI is InChI=1S/C11H14O/c12-5-1-2-8-9-4-3-7-6-10(7)11(8)9/h1,3-5,7-12H,2,6H2/b5-1+/t7-,8?,9+,10+,11+/m0/s1. The van der Waals surface area contributed by atoms with Gasteiger partial charge in [0.05, 0.1) is 6.26 Å². The fourth-order valence-electron chi connectivity index (χ4n) is 3.00. The molecular weight excluding hydrogens is 148 g/mol. The first-order valence-corrected chi connectivity index (χ1v) is 4.89. The van der Waals surface area contributed by atoms with Gasteiger partial charge in [-0.1, -0.05) is 12.2 Å². The van der Waals surface area contributed by atoms with Crippen molar-refractivity contribution in [2.45, 2.75) is 12.8 Å². The van der Waals surface area contributed by atoms with Crippen molar-refractivity contribution in [3.63, 3.8) is 0 Å². The fraction of sp³-hybridized carbons (Fsp3) is 0.636. The van der Waals surface area contributed by atoms with Gasteiger partial charge < -0.3 is 5.11 Å². The van der Waals surface area contributed by atoms with Crippen LogP contribution in [0.3, 0.4) is 0 Å². The molecule has 0 amide bonds. The van der Waals surface area contributed by atoms with Crippen LogP contribution in [0.1, 0.15) is 12.8 Å². The molecule has 3 aliphatic rings. The highest BCUT2D eigenvalue weighted by molar-refractivity contribution is 5.24. The average Bonchev–Trinajstić information content (AvgIpc) is 2.94. The van der Waals surface area contributed by atoms with Crippen molar-refractivity contribution in [3.05, 3.63) is 24.5 Å². The van der Waals surface area contributed by atoms with Gasteiger partial charge in [-0.2, -0.15) is 0 Å². The van der Waals surface area contributed by atoms with E-state index in [0.717, 1.165) is 36.0 Å². The van der Waals surface area contributed by atoms with Gasteiger partial charge in [-0.15, -0.1) is 0 Å². The van der Waals surface area contributed by atoms with Crippen molar-refractivity contribution in [2.75, 3.05) is 0 Å². The predicted octanol–water partition coefficient (Wildman–Crippen LogP) is 2.52. The highest BCUT2D eigenvalue weighted by Crippen LogP contribution is 2.66. The summed E-state index contributed by atoms with van der Waals surface area (Å²) in [7, 11) is 0. The van der Waals surface area contributed by atoms with Crippen molar-refractivity contribution in [3.8, 4) is 0 Å². The first-order valence-electron chi connectivity index (χ1n) is 4.89. The van der Waals surface area contributed by atoms with Crippen molar-refractivity contribution < 1.29 is 5.11 Å². The maximum atomic E-state index is 8.55. The molecule has 5 atom stereocenters. The first kappa shape index (κ1) is 6.76. The Hall–Kier alpha value is -0.720. The summed E-state index contributed by atoms with van der Waals surface area (Å²) in [5.41, 5.74) is 0. The highest BCUT2D eigenvalue weighted by Gasteiger charge is 2.60. The molecule has 1 nitrogen and oxygen atoms in total. The third kappa shape index (κ3) is 0.796. The normalized spacial score (nSPS) is 53.5. The van der Waals surface area contributed by atoms with E-state index in [4.69, 9.17) is 5.11 Å². The second-order valence-electron chi connectivity index (χ2n) is 4.39. The minimum absolute atomic E-state index is 0.863. The molecule has 0 radical (unpaired) electrons. The molecule has 2 fully saturated rings. The number of aliphatic hydroxyl groups excluding tert-OH is 1. The van der Waals surface area contributed by atoms with Gasteiger partial charge in [-0.05, 0) is 48.5 Å². The summed E-state index contributed by atoms with van der Waals surface area (Å²) in [6.07, 6.45) is 10.4. The number of aliphatic hydroxyl groups is 1. The number of rotatable bonds is 2. The molecule has 0 aromatic carbocycles. The lowest BCUT2D eigenvalue weighted by Gasteiger charge is -1.96. The summed E-state index contributed by atoms with van der Waals surface area (Å²) in [6, 6.07) is 0. The molecule has 0 saturated heterocycles. The molecular formula is C11H14O. The molecule has 1 unspecified atom stereocenters. The fourth-order valence-corrected chi connectivity index (χ4v) is 3.00. The Morgan fingerprint density at radius 1 is 1.42 bits per heavy atom. The van der Waals surface area contributed by atoms with E-state index in [2.05, 4.69) is 12.2 Å². The Labute approximate surface area is 72.8 Å². The Kier molecular flexibility index (Phi) is 1.21. The van der Waals surface area contributed by atoms with Crippen LogP contribution in [0.2, 0.25) is 0 Å².